The first-order valence-electron chi connectivity index (χ1n) is 5.63. The fourth-order valence-electron chi connectivity index (χ4n) is 1.06. The number of hydrogen-bond acceptors (Lipinski definition) is 4. The van der Waals surface area contributed by atoms with E-state index in [9.17, 15) is 4.79 Å². The first-order valence-corrected chi connectivity index (χ1v) is 5.63. The van der Waals surface area contributed by atoms with Gasteiger partial charge in [0.05, 0.1) is 6.61 Å². The molecule has 5 heteroatoms. The number of amides is 1. The first-order chi connectivity index (χ1) is 7.84. The Morgan fingerprint density at radius 2 is 2.12 bits per heavy atom. The van der Waals surface area contributed by atoms with Crippen molar-refractivity contribution >= 4 is 5.91 Å². The number of nitrogens with one attached hydrogen (secondary N) is 2. The summed E-state index contributed by atoms with van der Waals surface area (Å²) in [5, 5.41) is 23.4. The minimum Gasteiger partial charge on any atom is -0.394 e. The van der Waals surface area contributed by atoms with Crippen molar-refractivity contribution in [1.82, 2.24) is 10.6 Å². The second-order valence-electron chi connectivity index (χ2n) is 4.83. The second-order valence-corrected chi connectivity index (χ2v) is 4.83. The maximum atomic E-state index is 11.7. The van der Waals surface area contributed by atoms with Gasteiger partial charge in [0, 0.05) is 17.8 Å². The summed E-state index contributed by atoms with van der Waals surface area (Å²) in [6, 6.07) is 1.69. The Morgan fingerprint density at radius 3 is 2.47 bits per heavy atom. The van der Waals surface area contributed by atoms with Gasteiger partial charge in [-0.2, -0.15) is 5.26 Å². The zero-order valence-corrected chi connectivity index (χ0v) is 10.9. The largest absolute Gasteiger partial charge is 0.394 e. The Labute approximate surface area is 103 Å². The van der Waals surface area contributed by atoms with Crippen molar-refractivity contribution in [3.05, 3.63) is 11.8 Å². The van der Waals surface area contributed by atoms with Crippen LogP contribution in [-0.2, 0) is 4.79 Å². The molecule has 0 radical (unpaired) electrons. The monoisotopic (exact) mass is 239 g/mol. The Hall–Kier alpha value is -1.54. The molecule has 0 bridgehead atoms. The average molecular weight is 239 g/mol. The van der Waals surface area contributed by atoms with Gasteiger partial charge in [-0.3, -0.25) is 4.79 Å². The Balaban J connectivity index is 4.57. The fraction of sp³-hybridized carbons (Fsp3) is 0.667. The van der Waals surface area contributed by atoms with E-state index in [2.05, 4.69) is 10.6 Å². The van der Waals surface area contributed by atoms with E-state index in [1.54, 1.807) is 0 Å². The molecular weight excluding hydrogens is 218 g/mol. The standard InChI is InChI=1S/C12H21N3O2/c1-5-10(8-16)14-7-9(6-13)11(17)15-12(2,3)4/h7,10,14,16H,5,8H2,1-4H3,(H,15,17)/b9-7-. The van der Waals surface area contributed by atoms with E-state index in [0.29, 0.717) is 6.42 Å². The van der Waals surface area contributed by atoms with E-state index in [1.165, 1.54) is 6.20 Å². The van der Waals surface area contributed by atoms with Crippen LogP contribution in [0.1, 0.15) is 34.1 Å². The van der Waals surface area contributed by atoms with Crippen LogP contribution in [-0.4, -0.2) is 29.2 Å². The van der Waals surface area contributed by atoms with E-state index in [1.807, 2.05) is 33.8 Å². The number of nitrogens with zero attached hydrogens (tertiary/aromatic N) is 1. The molecule has 0 aromatic rings. The van der Waals surface area contributed by atoms with Gasteiger partial charge in [-0.15, -0.1) is 0 Å². The molecule has 1 atom stereocenters. The molecule has 0 aliphatic heterocycles. The van der Waals surface area contributed by atoms with Crippen LogP contribution in [0.25, 0.3) is 0 Å². The third-order valence-electron chi connectivity index (χ3n) is 2.03. The summed E-state index contributed by atoms with van der Waals surface area (Å²) >= 11 is 0. The van der Waals surface area contributed by atoms with Crippen molar-refractivity contribution in [2.45, 2.75) is 45.7 Å². The van der Waals surface area contributed by atoms with E-state index < -0.39 is 5.91 Å². The van der Waals surface area contributed by atoms with Gasteiger partial charge in [-0.05, 0) is 27.2 Å². The second kappa shape index (κ2) is 6.92. The van der Waals surface area contributed by atoms with Crippen LogP contribution in [0, 0.1) is 11.3 Å². The maximum Gasteiger partial charge on any atom is 0.263 e. The molecule has 0 aliphatic rings. The van der Waals surface area contributed by atoms with Crippen LogP contribution in [0.2, 0.25) is 0 Å². The molecule has 5 nitrogen and oxygen atoms in total. The summed E-state index contributed by atoms with van der Waals surface area (Å²) in [5.41, 5.74) is -0.374. The van der Waals surface area contributed by atoms with E-state index in [4.69, 9.17) is 10.4 Å². The van der Waals surface area contributed by atoms with Crippen molar-refractivity contribution in [1.29, 1.82) is 5.26 Å². The van der Waals surface area contributed by atoms with Gasteiger partial charge in [0.1, 0.15) is 11.6 Å². The molecule has 0 aromatic carbocycles. The lowest BCUT2D eigenvalue weighted by Gasteiger charge is -2.20. The average Bonchev–Trinajstić information content (AvgIpc) is 2.22. The fourth-order valence-corrected chi connectivity index (χ4v) is 1.06. The van der Waals surface area contributed by atoms with Crippen molar-refractivity contribution in [3.63, 3.8) is 0 Å². The molecule has 0 rings (SSSR count). The molecular formula is C12H21N3O2. The molecule has 1 unspecified atom stereocenters. The van der Waals surface area contributed by atoms with Gasteiger partial charge >= 0.3 is 0 Å². The summed E-state index contributed by atoms with van der Waals surface area (Å²) in [7, 11) is 0. The van der Waals surface area contributed by atoms with Crippen molar-refractivity contribution in [2.24, 2.45) is 0 Å². The van der Waals surface area contributed by atoms with Crippen LogP contribution < -0.4 is 10.6 Å². The number of hydrogen-bond donors (Lipinski definition) is 3. The van der Waals surface area contributed by atoms with Crippen molar-refractivity contribution in [3.8, 4) is 6.07 Å². The van der Waals surface area contributed by atoms with E-state index >= 15 is 0 Å². The Bertz CT molecular complexity index is 320. The van der Waals surface area contributed by atoms with E-state index in [0.717, 1.165) is 0 Å². The van der Waals surface area contributed by atoms with Gasteiger partial charge in [0.25, 0.3) is 5.91 Å². The lowest BCUT2D eigenvalue weighted by molar-refractivity contribution is -0.118. The predicted molar refractivity (Wildman–Crippen MR) is 65.9 cm³/mol. The number of carbonyl (C=O) groups is 1. The summed E-state index contributed by atoms with van der Waals surface area (Å²) in [5.74, 6) is -0.416. The van der Waals surface area contributed by atoms with Crippen LogP contribution in [0.15, 0.2) is 11.8 Å². The van der Waals surface area contributed by atoms with E-state index in [-0.39, 0.29) is 23.8 Å². The smallest absolute Gasteiger partial charge is 0.263 e. The minimum absolute atomic E-state index is 0.00632. The number of carbonyl (C=O) groups excluding carboxylic acids is 1. The van der Waals surface area contributed by atoms with Gasteiger partial charge < -0.3 is 15.7 Å². The van der Waals surface area contributed by atoms with Crippen LogP contribution in [0.4, 0.5) is 0 Å². The van der Waals surface area contributed by atoms with Crippen LogP contribution >= 0.6 is 0 Å². The number of aliphatic hydroxyl groups excluding tert-OH is 1. The summed E-state index contributed by atoms with van der Waals surface area (Å²) in [6.07, 6.45) is 2.07. The lowest BCUT2D eigenvalue weighted by atomic mass is 10.1. The van der Waals surface area contributed by atoms with Gasteiger partial charge in [-0.25, -0.2) is 0 Å². The van der Waals surface area contributed by atoms with Crippen molar-refractivity contribution < 1.29 is 9.90 Å². The van der Waals surface area contributed by atoms with Crippen LogP contribution in [0.5, 0.6) is 0 Å². The van der Waals surface area contributed by atoms with Gasteiger partial charge in [0.15, 0.2) is 0 Å². The highest BCUT2D eigenvalue weighted by molar-refractivity contribution is 5.97. The molecule has 0 spiro atoms. The summed E-state index contributed by atoms with van der Waals surface area (Å²) < 4.78 is 0. The maximum absolute atomic E-state index is 11.7. The molecule has 0 heterocycles. The SMILES string of the molecule is CCC(CO)N/C=C(/C#N)C(=O)NC(C)(C)C. The minimum atomic E-state index is -0.416. The third-order valence-corrected chi connectivity index (χ3v) is 2.03. The summed E-state index contributed by atoms with van der Waals surface area (Å²) in [6.45, 7) is 7.40. The number of nitriles is 1. The molecule has 96 valence electrons. The highest BCUT2D eigenvalue weighted by Gasteiger charge is 2.17. The van der Waals surface area contributed by atoms with Gasteiger partial charge in [0.2, 0.25) is 0 Å². The normalized spacial score (nSPS) is 13.8. The molecule has 17 heavy (non-hydrogen) atoms. The highest BCUT2D eigenvalue weighted by Crippen LogP contribution is 2.02. The number of aliphatic hydroxyl groups is 1. The topological polar surface area (TPSA) is 85.2 Å². The molecule has 3 N–H and O–H groups in total. The Morgan fingerprint density at radius 1 is 1.53 bits per heavy atom. The third kappa shape index (κ3) is 6.59. The Kier molecular flexibility index (Phi) is 6.29. The predicted octanol–water partition coefficient (Wildman–Crippen LogP) is 0.669. The number of rotatable bonds is 5. The summed E-state index contributed by atoms with van der Waals surface area (Å²) in [4.78, 5) is 11.7. The first kappa shape index (κ1) is 15.5. The molecule has 0 saturated carbocycles. The highest BCUT2D eigenvalue weighted by atomic mass is 16.3. The molecule has 1 amide bonds. The lowest BCUT2D eigenvalue weighted by Crippen LogP contribution is -2.41. The molecule has 0 saturated heterocycles. The van der Waals surface area contributed by atoms with Gasteiger partial charge in [-0.1, -0.05) is 6.92 Å². The van der Waals surface area contributed by atoms with Crippen molar-refractivity contribution in [2.75, 3.05) is 6.61 Å². The molecule has 0 fully saturated rings. The quantitative estimate of drug-likeness (QED) is 0.486. The van der Waals surface area contributed by atoms with Crippen LogP contribution in [0.3, 0.4) is 0 Å². The molecule has 0 aliphatic carbocycles. The zero-order valence-electron chi connectivity index (χ0n) is 10.9. The zero-order chi connectivity index (χ0) is 13.5. The molecule has 0 aromatic heterocycles.